The predicted octanol–water partition coefficient (Wildman–Crippen LogP) is 3.88. The Balaban J connectivity index is 1.93. The third kappa shape index (κ3) is 4.67. The van der Waals surface area contributed by atoms with Gasteiger partial charge in [0.25, 0.3) is 0 Å². The minimum absolute atomic E-state index is 0.491. The van der Waals surface area contributed by atoms with Gasteiger partial charge in [0.05, 0.1) is 6.61 Å². The Morgan fingerprint density at radius 1 is 1.00 bits per heavy atom. The van der Waals surface area contributed by atoms with Crippen LogP contribution >= 0.6 is 0 Å². The quantitative estimate of drug-likeness (QED) is 0.799. The lowest BCUT2D eigenvalue weighted by atomic mass is 10.2. The molecule has 0 aliphatic heterocycles. The normalized spacial score (nSPS) is 10.2. The molecule has 2 rings (SSSR count). The zero-order valence-corrected chi connectivity index (χ0v) is 12.6. The number of pyridine rings is 1. The smallest absolute Gasteiger partial charge is 0.132 e. The molecule has 1 aromatic carbocycles. The molecular weight excluding hydrogens is 264 g/mol. The highest BCUT2D eigenvalue weighted by atomic mass is 16.5. The van der Waals surface area contributed by atoms with E-state index in [0.717, 1.165) is 42.5 Å². The molecule has 0 unspecified atom stereocenters. The average molecular weight is 286 g/mol. The van der Waals surface area contributed by atoms with E-state index < -0.39 is 0 Å². The van der Waals surface area contributed by atoms with Crippen LogP contribution in [0.2, 0.25) is 0 Å². The molecule has 1 N–H and O–H groups in total. The van der Waals surface area contributed by atoms with Gasteiger partial charge < -0.3 is 14.8 Å². The molecule has 4 nitrogen and oxygen atoms in total. The van der Waals surface area contributed by atoms with Crippen molar-refractivity contribution in [2.75, 3.05) is 18.5 Å². The fraction of sp³-hybridized carbons (Fsp3) is 0.353. The highest BCUT2D eigenvalue weighted by molar-refractivity contribution is 5.43. The molecule has 0 aliphatic carbocycles. The summed E-state index contributed by atoms with van der Waals surface area (Å²) in [6.07, 6.45) is 2.79. The van der Waals surface area contributed by atoms with Crippen molar-refractivity contribution in [1.82, 2.24) is 4.98 Å². The van der Waals surface area contributed by atoms with Crippen LogP contribution in [0.25, 0.3) is 0 Å². The number of benzene rings is 1. The number of nitrogens with zero attached hydrogens (tertiary/aromatic N) is 1. The lowest BCUT2D eigenvalue weighted by molar-refractivity contribution is 0.301. The minimum Gasteiger partial charge on any atom is -0.494 e. The zero-order chi connectivity index (χ0) is 14.9. The Hall–Kier alpha value is -2.23. The Labute approximate surface area is 126 Å². The van der Waals surface area contributed by atoms with Gasteiger partial charge >= 0.3 is 0 Å². The van der Waals surface area contributed by atoms with Crippen molar-refractivity contribution in [2.45, 2.75) is 26.9 Å². The molecule has 0 saturated carbocycles. The van der Waals surface area contributed by atoms with Crippen molar-refractivity contribution in [2.24, 2.45) is 0 Å². The van der Waals surface area contributed by atoms with Gasteiger partial charge in [-0.3, -0.25) is 0 Å². The van der Waals surface area contributed by atoms with Gasteiger partial charge in [0.2, 0.25) is 0 Å². The van der Waals surface area contributed by atoms with Gasteiger partial charge in [-0.15, -0.1) is 0 Å². The molecule has 0 aliphatic rings. The second kappa shape index (κ2) is 8.15. The van der Waals surface area contributed by atoms with E-state index in [9.17, 15) is 0 Å². The van der Waals surface area contributed by atoms with Crippen molar-refractivity contribution in [3.8, 4) is 11.5 Å². The molecule has 0 bridgehead atoms. The average Bonchev–Trinajstić information content (AvgIpc) is 2.53. The van der Waals surface area contributed by atoms with Crippen LogP contribution in [0.5, 0.6) is 11.5 Å². The molecule has 0 radical (unpaired) electrons. The van der Waals surface area contributed by atoms with Crippen LogP contribution in [0.4, 0.5) is 5.82 Å². The topological polar surface area (TPSA) is 43.4 Å². The predicted molar refractivity (Wildman–Crippen MR) is 85.0 cm³/mol. The number of hydrogen-bond donors (Lipinski definition) is 1. The Kier molecular flexibility index (Phi) is 5.88. The summed E-state index contributed by atoms with van der Waals surface area (Å²) in [6, 6.07) is 11.6. The Bertz CT molecular complexity index is 541. The summed E-state index contributed by atoms with van der Waals surface area (Å²) in [4.78, 5) is 4.32. The van der Waals surface area contributed by atoms with Crippen LogP contribution in [0.1, 0.15) is 25.8 Å². The molecule has 0 amide bonds. The number of hydrogen-bond acceptors (Lipinski definition) is 4. The first-order chi connectivity index (χ1) is 10.3. The molecule has 4 heteroatoms. The highest BCUT2D eigenvalue weighted by Crippen LogP contribution is 2.20. The molecule has 0 fully saturated rings. The van der Waals surface area contributed by atoms with Crippen molar-refractivity contribution in [3.05, 3.63) is 48.2 Å². The molecule has 0 atom stereocenters. The maximum absolute atomic E-state index is 5.80. The number of nitrogens with one attached hydrogen (secondary N) is 1. The maximum Gasteiger partial charge on any atom is 0.132 e. The first kappa shape index (κ1) is 15.2. The summed E-state index contributed by atoms with van der Waals surface area (Å²) in [6.45, 7) is 6.21. The molecule has 0 spiro atoms. The number of anilines is 1. The van der Waals surface area contributed by atoms with Crippen molar-refractivity contribution >= 4 is 5.82 Å². The first-order valence-corrected chi connectivity index (χ1v) is 7.37. The third-order valence-corrected chi connectivity index (χ3v) is 2.93. The van der Waals surface area contributed by atoms with Crippen molar-refractivity contribution in [3.63, 3.8) is 0 Å². The van der Waals surface area contributed by atoms with Crippen LogP contribution < -0.4 is 14.8 Å². The van der Waals surface area contributed by atoms with Gasteiger partial charge in [-0.1, -0.05) is 13.0 Å². The van der Waals surface area contributed by atoms with E-state index in [1.54, 1.807) is 6.20 Å². The summed E-state index contributed by atoms with van der Waals surface area (Å²) in [5.41, 5.74) is 1.05. The monoisotopic (exact) mass is 286 g/mol. The van der Waals surface area contributed by atoms with Gasteiger partial charge in [0.1, 0.15) is 23.9 Å². The van der Waals surface area contributed by atoms with E-state index in [1.165, 1.54) is 0 Å². The highest BCUT2D eigenvalue weighted by Gasteiger charge is 2.03. The van der Waals surface area contributed by atoms with E-state index in [2.05, 4.69) is 17.2 Å². The molecule has 0 saturated heterocycles. The number of ether oxygens (including phenoxy) is 2. The lowest BCUT2D eigenvalue weighted by Crippen LogP contribution is -2.05. The molecule has 1 aromatic heterocycles. The summed E-state index contributed by atoms with van der Waals surface area (Å²) in [7, 11) is 0. The lowest BCUT2D eigenvalue weighted by Gasteiger charge is -2.11. The maximum atomic E-state index is 5.80. The second-order valence-electron chi connectivity index (χ2n) is 4.65. The van der Waals surface area contributed by atoms with E-state index in [1.807, 2.05) is 43.3 Å². The molecule has 21 heavy (non-hydrogen) atoms. The van der Waals surface area contributed by atoms with Crippen LogP contribution in [0, 0.1) is 0 Å². The first-order valence-electron chi connectivity index (χ1n) is 7.37. The van der Waals surface area contributed by atoms with Gasteiger partial charge in [0, 0.05) is 18.3 Å². The third-order valence-electron chi connectivity index (χ3n) is 2.93. The Morgan fingerprint density at radius 2 is 1.71 bits per heavy atom. The Morgan fingerprint density at radius 3 is 2.38 bits per heavy atom. The van der Waals surface area contributed by atoms with Gasteiger partial charge in [-0.25, -0.2) is 4.98 Å². The van der Waals surface area contributed by atoms with Crippen molar-refractivity contribution in [1.29, 1.82) is 0 Å². The zero-order valence-electron chi connectivity index (χ0n) is 12.6. The van der Waals surface area contributed by atoms with Gasteiger partial charge in [0.15, 0.2) is 0 Å². The summed E-state index contributed by atoms with van der Waals surface area (Å²) in [5.74, 6) is 2.58. The number of aromatic nitrogens is 1. The van der Waals surface area contributed by atoms with E-state index in [-0.39, 0.29) is 0 Å². The SMILES string of the molecule is CCCOc1ccc(OCc2cccnc2NCC)cc1. The molecular formula is C17H22N2O2. The second-order valence-corrected chi connectivity index (χ2v) is 4.65. The largest absolute Gasteiger partial charge is 0.494 e. The van der Waals surface area contributed by atoms with E-state index >= 15 is 0 Å². The van der Waals surface area contributed by atoms with Crippen LogP contribution in [-0.2, 0) is 6.61 Å². The molecule has 112 valence electrons. The van der Waals surface area contributed by atoms with E-state index in [0.29, 0.717) is 6.61 Å². The standard InChI is InChI=1S/C17H22N2O2/c1-3-12-20-15-7-9-16(10-8-15)21-13-14-6-5-11-19-17(14)18-4-2/h5-11H,3-4,12-13H2,1-2H3,(H,18,19). The number of rotatable bonds is 8. The molecule has 2 aromatic rings. The summed E-state index contributed by atoms with van der Waals surface area (Å²) < 4.78 is 11.4. The minimum atomic E-state index is 0.491. The van der Waals surface area contributed by atoms with Gasteiger partial charge in [-0.05, 0) is 43.7 Å². The summed E-state index contributed by atoms with van der Waals surface area (Å²) >= 11 is 0. The fourth-order valence-corrected chi connectivity index (χ4v) is 1.89. The van der Waals surface area contributed by atoms with Crippen LogP contribution in [0.3, 0.4) is 0 Å². The van der Waals surface area contributed by atoms with Crippen LogP contribution in [0.15, 0.2) is 42.6 Å². The van der Waals surface area contributed by atoms with E-state index in [4.69, 9.17) is 9.47 Å². The fourth-order valence-electron chi connectivity index (χ4n) is 1.89. The summed E-state index contributed by atoms with van der Waals surface area (Å²) in [5, 5.41) is 3.23. The van der Waals surface area contributed by atoms with Gasteiger partial charge in [-0.2, -0.15) is 0 Å². The molecule has 1 heterocycles. The van der Waals surface area contributed by atoms with Crippen LogP contribution in [-0.4, -0.2) is 18.1 Å². The van der Waals surface area contributed by atoms with Crippen molar-refractivity contribution < 1.29 is 9.47 Å².